The molecule has 1 aliphatic rings. The fraction of sp³-hybridized carbons (Fsp3) is 0.611. The summed E-state index contributed by atoms with van der Waals surface area (Å²) in [6, 6.07) is 5.57. The van der Waals surface area contributed by atoms with Crippen LogP contribution in [0.15, 0.2) is 29.2 Å². The van der Waals surface area contributed by atoms with Crippen molar-refractivity contribution in [3.63, 3.8) is 0 Å². The molecule has 0 bridgehead atoms. The number of rotatable bonds is 6. The van der Waals surface area contributed by atoms with Crippen molar-refractivity contribution >= 4 is 27.8 Å². The fourth-order valence-electron chi connectivity index (χ4n) is 2.75. The van der Waals surface area contributed by atoms with E-state index in [0.29, 0.717) is 18.6 Å². The highest BCUT2D eigenvalue weighted by Gasteiger charge is 2.32. The van der Waals surface area contributed by atoms with Crippen LogP contribution in [0.1, 0.15) is 33.6 Å². The van der Waals surface area contributed by atoms with Gasteiger partial charge in [-0.05, 0) is 69.6 Å². The zero-order chi connectivity index (χ0) is 21.9. The summed E-state index contributed by atoms with van der Waals surface area (Å²) in [6.07, 6.45) is 0.559. The van der Waals surface area contributed by atoms with Crippen LogP contribution >= 0.6 is 11.8 Å². The number of carbonyl (C=O) groups excluding carboxylic acids is 1. The number of ether oxygens (including phenoxy) is 2. The maximum Gasteiger partial charge on any atom is 0.446 e. The summed E-state index contributed by atoms with van der Waals surface area (Å²) < 4.78 is 73.9. The van der Waals surface area contributed by atoms with Gasteiger partial charge in [-0.3, -0.25) is 4.79 Å². The monoisotopic (exact) mass is 455 g/mol. The first-order valence-corrected chi connectivity index (χ1v) is 11.4. The molecule has 1 aromatic carbocycles. The van der Waals surface area contributed by atoms with Crippen molar-refractivity contribution < 1.29 is 35.9 Å². The lowest BCUT2D eigenvalue weighted by Gasteiger charge is -2.31. The number of piperidine rings is 1. The van der Waals surface area contributed by atoms with E-state index in [2.05, 4.69) is 0 Å². The molecule has 0 unspecified atom stereocenters. The van der Waals surface area contributed by atoms with Gasteiger partial charge < -0.3 is 9.47 Å². The van der Waals surface area contributed by atoms with E-state index in [9.17, 15) is 26.4 Å². The standard InChI is InChI=1S/C18H24F3NO5S2/c1-17(2,3)27-16(23)12-29(24,25)22-10-8-14(9-11-22)26-13-4-6-15(7-5-13)28-18(19,20)21/h4-7,14H,8-12H2,1-3H3. The summed E-state index contributed by atoms with van der Waals surface area (Å²) >= 11 is -0.200. The van der Waals surface area contributed by atoms with Crippen LogP contribution in [0.2, 0.25) is 0 Å². The van der Waals surface area contributed by atoms with E-state index in [0.717, 1.165) is 0 Å². The number of sulfonamides is 1. The van der Waals surface area contributed by atoms with E-state index in [1.165, 1.54) is 28.6 Å². The van der Waals surface area contributed by atoms with E-state index < -0.39 is 32.9 Å². The smallest absolute Gasteiger partial charge is 0.446 e. The van der Waals surface area contributed by atoms with Crippen LogP contribution in [0.25, 0.3) is 0 Å². The number of esters is 1. The van der Waals surface area contributed by atoms with E-state index >= 15 is 0 Å². The minimum atomic E-state index is -4.35. The van der Waals surface area contributed by atoms with Crippen molar-refractivity contribution in [3.8, 4) is 5.75 Å². The quantitative estimate of drug-likeness (QED) is 0.480. The van der Waals surface area contributed by atoms with Crippen molar-refractivity contribution in [1.29, 1.82) is 0 Å². The molecule has 164 valence electrons. The maximum absolute atomic E-state index is 12.4. The lowest BCUT2D eigenvalue weighted by molar-refractivity contribution is -0.151. The normalized spacial score (nSPS) is 17.2. The molecule has 0 N–H and O–H groups in total. The Balaban J connectivity index is 1.85. The Labute approximate surface area is 172 Å². The SMILES string of the molecule is CC(C)(C)OC(=O)CS(=O)(=O)N1CCC(Oc2ccc(SC(F)(F)F)cc2)CC1. The van der Waals surface area contributed by atoms with Crippen LogP contribution < -0.4 is 4.74 Å². The molecular formula is C18H24F3NO5S2. The Bertz CT molecular complexity index is 796. The average molecular weight is 456 g/mol. The molecule has 0 aliphatic carbocycles. The second-order valence-corrected chi connectivity index (χ2v) is 10.7. The fourth-order valence-corrected chi connectivity index (χ4v) is 4.60. The molecule has 1 aliphatic heterocycles. The number of carbonyl (C=O) groups is 1. The molecule has 0 spiro atoms. The molecule has 2 rings (SSSR count). The predicted molar refractivity (Wildman–Crippen MR) is 103 cm³/mol. The Morgan fingerprint density at radius 2 is 1.69 bits per heavy atom. The third-order valence-electron chi connectivity index (χ3n) is 3.87. The summed E-state index contributed by atoms with van der Waals surface area (Å²) in [7, 11) is -3.78. The van der Waals surface area contributed by atoms with Crippen molar-refractivity contribution in [1.82, 2.24) is 4.31 Å². The average Bonchev–Trinajstić information content (AvgIpc) is 2.53. The van der Waals surface area contributed by atoms with Crippen LogP contribution in [0.3, 0.4) is 0 Å². The molecule has 0 saturated carbocycles. The van der Waals surface area contributed by atoms with Gasteiger partial charge in [-0.15, -0.1) is 0 Å². The summed E-state index contributed by atoms with van der Waals surface area (Å²) in [5.41, 5.74) is -5.11. The van der Waals surface area contributed by atoms with Gasteiger partial charge >= 0.3 is 11.5 Å². The van der Waals surface area contributed by atoms with Crippen LogP contribution in [0.4, 0.5) is 13.2 Å². The number of thioether (sulfide) groups is 1. The van der Waals surface area contributed by atoms with E-state index in [1.54, 1.807) is 20.8 Å². The van der Waals surface area contributed by atoms with Gasteiger partial charge in [0.15, 0.2) is 5.75 Å². The zero-order valence-electron chi connectivity index (χ0n) is 16.4. The molecule has 1 fully saturated rings. The van der Waals surface area contributed by atoms with Gasteiger partial charge in [0.1, 0.15) is 17.5 Å². The van der Waals surface area contributed by atoms with Crippen LogP contribution in [0.5, 0.6) is 5.75 Å². The molecule has 0 aromatic heterocycles. The third kappa shape index (κ3) is 8.43. The highest BCUT2D eigenvalue weighted by Crippen LogP contribution is 2.37. The minimum absolute atomic E-state index is 0.0629. The summed E-state index contributed by atoms with van der Waals surface area (Å²) in [6.45, 7) is 5.37. The highest BCUT2D eigenvalue weighted by molar-refractivity contribution is 8.00. The lowest BCUT2D eigenvalue weighted by Crippen LogP contribution is -2.44. The van der Waals surface area contributed by atoms with E-state index in [1.807, 2.05) is 0 Å². The molecule has 1 aromatic rings. The second kappa shape index (κ2) is 9.13. The van der Waals surface area contributed by atoms with Crippen molar-refractivity contribution in [3.05, 3.63) is 24.3 Å². The molecule has 29 heavy (non-hydrogen) atoms. The van der Waals surface area contributed by atoms with Gasteiger partial charge in [-0.2, -0.15) is 13.2 Å². The van der Waals surface area contributed by atoms with Gasteiger partial charge in [-0.25, -0.2) is 12.7 Å². The Morgan fingerprint density at radius 1 is 1.14 bits per heavy atom. The number of halogens is 3. The van der Waals surface area contributed by atoms with Crippen LogP contribution in [-0.4, -0.2) is 54.7 Å². The second-order valence-electron chi connectivity index (χ2n) is 7.58. The van der Waals surface area contributed by atoms with Crippen molar-refractivity contribution in [2.45, 2.75) is 55.7 Å². The predicted octanol–water partition coefficient (Wildman–Crippen LogP) is 3.81. The number of nitrogens with zero attached hydrogens (tertiary/aromatic N) is 1. The van der Waals surface area contributed by atoms with Gasteiger partial charge in [0, 0.05) is 18.0 Å². The van der Waals surface area contributed by atoms with Gasteiger partial charge in [0.2, 0.25) is 10.0 Å². The first kappa shape index (κ1) is 23.8. The largest absolute Gasteiger partial charge is 0.490 e. The van der Waals surface area contributed by atoms with Crippen LogP contribution in [0, 0.1) is 0 Å². The first-order chi connectivity index (χ1) is 13.2. The van der Waals surface area contributed by atoms with Crippen LogP contribution in [-0.2, 0) is 19.6 Å². The third-order valence-corrected chi connectivity index (χ3v) is 6.37. The van der Waals surface area contributed by atoms with Gasteiger partial charge in [0.25, 0.3) is 0 Å². The van der Waals surface area contributed by atoms with Crippen molar-refractivity contribution in [2.24, 2.45) is 0 Å². The zero-order valence-corrected chi connectivity index (χ0v) is 18.0. The molecule has 0 radical (unpaired) electrons. The lowest BCUT2D eigenvalue weighted by atomic mass is 10.1. The molecule has 1 saturated heterocycles. The first-order valence-electron chi connectivity index (χ1n) is 8.96. The van der Waals surface area contributed by atoms with E-state index in [4.69, 9.17) is 9.47 Å². The van der Waals surface area contributed by atoms with Gasteiger partial charge in [0.05, 0.1) is 0 Å². The molecular weight excluding hydrogens is 431 g/mol. The van der Waals surface area contributed by atoms with E-state index in [-0.39, 0.29) is 35.9 Å². The summed E-state index contributed by atoms with van der Waals surface area (Å²) in [5, 5.41) is 0. The number of hydrogen-bond acceptors (Lipinski definition) is 6. The Morgan fingerprint density at radius 3 is 2.17 bits per heavy atom. The highest BCUT2D eigenvalue weighted by atomic mass is 32.2. The molecule has 0 amide bonds. The van der Waals surface area contributed by atoms with Gasteiger partial charge in [-0.1, -0.05) is 0 Å². The summed E-state index contributed by atoms with van der Waals surface area (Å²) in [5.74, 6) is -1.09. The molecule has 6 nitrogen and oxygen atoms in total. The summed E-state index contributed by atoms with van der Waals surface area (Å²) in [4.78, 5) is 11.9. The molecule has 0 atom stereocenters. The van der Waals surface area contributed by atoms with Crippen molar-refractivity contribution in [2.75, 3.05) is 18.8 Å². The maximum atomic E-state index is 12.4. The number of benzene rings is 1. The Hall–Kier alpha value is -1.46. The number of alkyl halides is 3. The Kier molecular flexibility index (Phi) is 7.50. The number of hydrogen-bond donors (Lipinski definition) is 0. The molecule has 1 heterocycles. The molecule has 11 heteroatoms. The minimum Gasteiger partial charge on any atom is -0.490 e. The topological polar surface area (TPSA) is 72.9 Å².